The predicted molar refractivity (Wildman–Crippen MR) is 85.6 cm³/mol. The first-order valence-electron chi connectivity index (χ1n) is 8.13. The van der Waals surface area contributed by atoms with Gasteiger partial charge in [-0.25, -0.2) is 4.98 Å². The van der Waals surface area contributed by atoms with E-state index in [0.717, 1.165) is 30.2 Å². The first kappa shape index (κ1) is 15.0. The second-order valence-electron chi connectivity index (χ2n) is 6.17. The maximum atomic E-state index is 12.7. The van der Waals surface area contributed by atoms with Crippen molar-refractivity contribution in [1.82, 2.24) is 14.8 Å². The number of aryl methyl sites for hydroxylation is 1. The Bertz CT molecular complexity index is 501. The summed E-state index contributed by atoms with van der Waals surface area (Å²) in [6, 6.07) is 1.01. The van der Waals surface area contributed by atoms with E-state index in [0.29, 0.717) is 18.5 Å². The fourth-order valence-electron chi connectivity index (χ4n) is 3.93. The van der Waals surface area contributed by atoms with Crippen molar-refractivity contribution >= 4 is 17.2 Å². The molecule has 0 aliphatic carbocycles. The van der Waals surface area contributed by atoms with E-state index in [1.54, 1.807) is 11.3 Å². The van der Waals surface area contributed by atoms with E-state index in [9.17, 15) is 4.79 Å². The summed E-state index contributed by atoms with van der Waals surface area (Å²) in [5.41, 5.74) is 0.937. The van der Waals surface area contributed by atoms with Gasteiger partial charge in [0.2, 0.25) is 5.91 Å². The van der Waals surface area contributed by atoms with Crippen LogP contribution in [0.3, 0.4) is 0 Å². The molecule has 0 spiro atoms. The average molecular weight is 307 g/mol. The second kappa shape index (κ2) is 6.44. The van der Waals surface area contributed by atoms with Gasteiger partial charge < -0.3 is 4.90 Å². The molecule has 21 heavy (non-hydrogen) atoms. The molecular weight excluding hydrogens is 282 g/mol. The lowest BCUT2D eigenvalue weighted by Gasteiger charge is -2.34. The number of amides is 1. The van der Waals surface area contributed by atoms with Crippen LogP contribution >= 0.6 is 11.3 Å². The largest absolute Gasteiger partial charge is 0.338 e. The number of hydrogen-bond donors (Lipinski definition) is 0. The molecule has 2 fully saturated rings. The summed E-state index contributed by atoms with van der Waals surface area (Å²) in [5, 5.41) is 3.07. The van der Waals surface area contributed by atoms with E-state index in [1.807, 2.05) is 12.3 Å². The molecule has 0 N–H and O–H groups in total. The maximum Gasteiger partial charge on any atom is 0.228 e. The molecule has 0 aromatic carbocycles. The van der Waals surface area contributed by atoms with E-state index in [4.69, 9.17) is 0 Å². The molecule has 1 aromatic rings. The fraction of sp³-hybridized carbons (Fsp3) is 0.750. The highest BCUT2D eigenvalue weighted by Gasteiger charge is 2.38. The molecule has 1 amide bonds. The van der Waals surface area contributed by atoms with E-state index in [1.165, 1.54) is 25.8 Å². The van der Waals surface area contributed by atoms with Crippen molar-refractivity contribution in [3.8, 4) is 0 Å². The van der Waals surface area contributed by atoms with Crippen molar-refractivity contribution in [1.29, 1.82) is 0 Å². The average Bonchev–Trinajstić information content (AvgIpc) is 3.16. The standard InChI is InChI=1S/C16H25N3OS/c1-3-18-8-4-6-14(18)15-7-5-9-19(15)16(20)10-13-11-21-12(2)17-13/h11,14-15H,3-10H2,1-2H3/t14-,15-/m1/s1. The normalized spacial score (nSPS) is 26.7. The number of hydrogen-bond acceptors (Lipinski definition) is 4. The smallest absolute Gasteiger partial charge is 0.228 e. The van der Waals surface area contributed by atoms with E-state index in [-0.39, 0.29) is 5.91 Å². The van der Waals surface area contributed by atoms with Crippen LogP contribution in [-0.2, 0) is 11.2 Å². The summed E-state index contributed by atoms with van der Waals surface area (Å²) in [6.07, 6.45) is 5.32. The number of likely N-dealkylation sites (tertiary alicyclic amines) is 2. The van der Waals surface area contributed by atoms with Crippen LogP contribution in [0.1, 0.15) is 43.3 Å². The molecule has 0 unspecified atom stereocenters. The van der Waals surface area contributed by atoms with Crippen LogP contribution in [-0.4, -0.2) is 52.4 Å². The number of likely N-dealkylation sites (N-methyl/N-ethyl adjacent to an activating group) is 1. The van der Waals surface area contributed by atoms with Crippen molar-refractivity contribution in [3.05, 3.63) is 16.1 Å². The van der Waals surface area contributed by atoms with Gasteiger partial charge in [0.1, 0.15) is 0 Å². The van der Waals surface area contributed by atoms with E-state index in [2.05, 4.69) is 21.7 Å². The summed E-state index contributed by atoms with van der Waals surface area (Å²) in [6.45, 7) is 7.46. The molecule has 3 heterocycles. The molecule has 2 aliphatic rings. The van der Waals surface area contributed by atoms with Gasteiger partial charge in [-0.2, -0.15) is 0 Å². The molecule has 3 rings (SSSR count). The van der Waals surface area contributed by atoms with Crippen LogP contribution in [0.25, 0.3) is 0 Å². The van der Waals surface area contributed by atoms with Gasteiger partial charge in [-0.3, -0.25) is 9.69 Å². The highest BCUT2D eigenvalue weighted by molar-refractivity contribution is 7.09. The molecule has 2 saturated heterocycles. The van der Waals surface area contributed by atoms with Crippen LogP contribution in [0.15, 0.2) is 5.38 Å². The van der Waals surface area contributed by atoms with Crippen molar-refractivity contribution in [3.63, 3.8) is 0 Å². The summed E-state index contributed by atoms with van der Waals surface area (Å²) in [4.78, 5) is 21.8. The summed E-state index contributed by atoms with van der Waals surface area (Å²) < 4.78 is 0. The van der Waals surface area contributed by atoms with Gasteiger partial charge in [0, 0.05) is 24.0 Å². The summed E-state index contributed by atoms with van der Waals surface area (Å²) in [7, 11) is 0. The number of nitrogens with zero attached hydrogens (tertiary/aromatic N) is 3. The van der Waals surface area contributed by atoms with E-state index >= 15 is 0 Å². The molecular formula is C16H25N3OS. The van der Waals surface area contributed by atoms with Crippen LogP contribution < -0.4 is 0 Å². The monoisotopic (exact) mass is 307 g/mol. The lowest BCUT2D eigenvalue weighted by atomic mass is 10.0. The van der Waals surface area contributed by atoms with Gasteiger partial charge >= 0.3 is 0 Å². The van der Waals surface area contributed by atoms with Crippen LogP contribution in [0, 0.1) is 6.92 Å². The molecule has 2 aliphatic heterocycles. The Hall–Kier alpha value is -0.940. The minimum absolute atomic E-state index is 0.269. The third-order valence-electron chi connectivity index (χ3n) is 4.88. The van der Waals surface area contributed by atoms with Crippen LogP contribution in [0.2, 0.25) is 0 Å². The summed E-state index contributed by atoms with van der Waals surface area (Å²) >= 11 is 1.63. The minimum Gasteiger partial charge on any atom is -0.338 e. The Morgan fingerprint density at radius 2 is 2.10 bits per heavy atom. The van der Waals surface area contributed by atoms with Gasteiger partial charge in [0.05, 0.1) is 17.1 Å². The number of carbonyl (C=O) groups is 1. The molecule has 5 heteroatoms. The third kappa shape index (κ3) is 3.14. The van der Waals surface area contributed by atoms with Crippen LogP contribution in [0.4, 0.5) is 0 Å². The first-order chi connectivity index (χ1) is 10.2. The number of carbonyl (C=O) groups excluding carboxylic acids is 1. The molecule has 1 aromatic heterocycles. The maximum absolute atomic E-state index is 12.7. The zero-order valence-electron chi connectivity index (χ0n) is 13.0. The van der Waals surface area contributed by atoms with Crippen molar-refractivity contribution < 1.29 is 4.79 Å². The Kier molecular flexibility index (Phi) is 4.60. The number of thiazole rings is 1. The molecule has 116 valence electrons. The summed E-state index contributed by atoms with van der Waals surface area (Å²) in [5.74, 6) is 0.269. The number of aromatic nitrogens is 1. The topological polar surface area (TPSA) is 36.4 Å². The lowest BCUT2D eigenvalue weighted by Crippen LogP contribution is -2.48. The zero-order valence-corrected chi connectivity index (χ0v) is 13.9. The fourth-order valence-corrected chi connectivity index (χ4v) is 4.54. The van der Waals surface area contributed by atoms with Crippen molar-refractivity contribution in [2.75, 3.05) is 19.6 Å². The Morgan fingerprint density at radius 3 is 2.81 bits per heavy atom. The Morgan fingerprint density at radius 1 is 1.33 bits per heavy atom. The molecule has 0 radical (unpaired) electrons. The molecule has 0 bridgehead atoms. The molecule has 0 saturated carbocycles. The lowest BCUT2D eigenvalue weighted by molar-refractivity contribution is -0.132. The highest BCUT2D eigenvalue weighted by atomic mass is 32.1. The van der Waals surface area contributed by atoms with Gasteiger partial charge in [0.15, 0.2) is 0 Å². The second-order valence-corrected chi connectivity index (χ2v) is 7.23. The van der Waals surface area contributed by atoms with Gasteiger partial charge in [-0.1, -0.05) is 6.92 Å². The van der Waals surface area contributed by atoms with E-state index < -0.39 is 0 Å². The van der Waals surface area contributed by atoms with Gasteiger partial charge in [-0.15, -0.1) is 11.3 Å². The Balaban J connectivity index is 1.67. The first-order valence-corrected chi connectivity index (χ1v) is 9.01. The van der Waals surface area contributed by atoms with Crippen molar-refractivity contribution in [2.24, 2.45) is 0 Å². The Labute approximate surface area is 131 Å². The van der Waals surface area contributed by atoms with Crippen LogP contribution in [0.5, 0.6) is 0 Å². The minimum atomic E-state index is 0.269. The molecule has 4 nitrogen and oxygen atoms in total. The quantitative estimate of drug-likeness (QED) is 0.857. The highest BCUT2D eigenvalue weighted by Crippen LogP contribution is 2.30. The number of rotatable bonds is 4. The third-order valence-corrected chi connectivity index (χ3v) is 5.71. The molecule has 2 atom stereocenters. The van der Waals surface area contributed by atoms with Gasteiger partial charge in [0.25, 0.3) is 0 Å². The predicted octanol–water partition coefficient (Wildman–Crippen LogP) is 2.47. The van der Waals surface area contributed by atoms with Gasteiger partial charge in [-0.05, 0) is 45.7 Å². The zero-order chi connectivity index (χ0) is 14.8. The SMILES string of the molecule is CCN1CCC[C@@H]1[C@H]1CCCN1C(=O)Cc1csc(C)n1. The van der Waals surface area contributed by atoms with Crippen molar-refractivity contribution in [2.45, 2.75) is 58.0 Å².